The summed E-state index contributed by atoms with van der Waals surface area (Å²) in [6.07, 6.45) is 3.01. The van der Waals surface area contributed by atoms with E-state index in [0.29, 0.717) is 11.4 Å². The van der Waals surface area contributed by atoms with E-state index in [9.17, 15) is 4.79 Å². The van der Waals surface area contributed by atoms with Crippen LogP contribution in [-0.2, 0) is 0 Å². The van der Waals surface area contributed by atoms with Gasteiger partial charge in [-0.2, -0.15) is 0 Å². The number of nitrogens with one attached hydrogen (secondary N) is 2. The molecule has 5 heteroatoms. The summed E-state index contributed by atoms with van der Waals surface area (Å²) < 4.78 is 0. The van der Waals surface area contributed by atoms with E-state index >= 15 is 0 Å². The van der Waals surface area contributed by atoms with Crippen LogP contribution in [0.1, 0.15) is 51.4 Å². The zero-order valence-corrected chi connectivity index (χ0v) is 15.7. The quantitative estimate of drug-likeness (QED) is 0.841. The molecule has 1 fully saturated rings. The minimum atomic E-state index is -0.0585. The van der Waals surface area contributed by atoms with Crippen LogP contribution in [0.25, 0.3) is 0 Å². The van der Waals surface area contributed by atoms with Crippen molar-refractivity contribution < 1.29 is 4.79 Å². The van der Waals surface area contributed by atoms with Gasteiger partial charge < -0.3 is 15.5 Å². The minimum Gasteiger partial charge on any atom is -0.367 e. The molecule has 0 saturated carbocycles. The van der Waals surface area contributed by atoms with E-state index in [2.05, 4.69) is 41.3 Å². The van der Waals surface area contributed by atoms with Gasteiger partial charge in [0.05, 0.1) is 5.56 Å². The molecular formula is C19H32N4O. The number of anilines is 1. The van der Waals surface area contributed by atoms with Crippen LogP contribution >= 0.6 is 0 Å². The van der Waals surface area contributed by atoms with Crippen LogP contribution in [0.5, 0.6) is 0 Å². The first-order valence-corrected chi connectivity index (χ1v) is 9.10. The summed E-state index contributed by atoms with van der Waals surface area (Å²) in [5.74, 6) is 2.06. The molecule has 1 aromatic heterocycles. The molecule has 134 valence electrons. The summed E-state index contributed by atoms with van der Waals surface area (Å²) in [5.41, 5.74) is 0.610. The van der Waals surface area contributed by atoms with Gasteiger partial charge >= 0.3 is 0 Å². The van der Waals surface area contributed by atoms with Crippen molar-refractivity contribution in [2.24, 2.45) is 11.8 Å². The Morgan fingerprint density at radius 3 is 2.58 bits per heavy atom. The molecule has 2 rings (SSSR count). The number of carbonyl (C=O) groups excluding carboxylic acids is 1. The molecule has 0 bridgehead atoms. The van der Waals surface area contributed by atoms with E-state index in [1.807, 2.05) is 19.9 Å². The van der Waals surface area contributed by atoms with Crippen molar-refractivity contribution in [3.05, 3.63) is 23.9 Å². The summed E-state index contributed by atoms with van der Waals surface area (Å²) in [6.45, 7) is 13.9. The SMILES string of the molecule is CC(C)Nc1ncccc1C(=O)N[C@H](C)CN1C[C@H](C)C[C@H](C)C1. The molecule has 0 unspecified atom stereocenters. The number of aromatic nitrogens is 1. The summed E-state index contributed by atoms with van der Waals surface area (Å²) in [5, 5.41) is 6.36. The zero-order valence-electron chi connectivity index (χ0n) is 15.7. The number of carbonyl (C=O) groups is 1. The van der Waals surface area contributed by atoms with Crippen molar-refractivity contribution in [3.8, 4) is 0 Å². The van der Waals surface area contributed by atoms with Crippen LogP contribution < -0.4 is 10.6 Å². The standard InChI is InChI=1S/C19H32N4O/c1-13(2)21-18-17(7-6-8-20-18)19(24)22-16(5)12-23-10-14(3)9-15(4)11-23/h6-8,13-16H,9-12H2,1-5H3,(H,20,21)(H,22,24)/t14-,15+,16-/m1/s1. The third-order valence-corrected chi connectivity index (χ3v) is 4.33. The highest BCUT2D eigenvalue weighted by atomic mass is 16.1. The van der Waals surface area contributed by atoms with Crippen LogP contribution in [0.4, 0.5) is 5.82 Å². The van der Waals surface area contributed by atoms with Gasteiger partial charge in [-0.3, -0.25) is 4.79 Å². The fourth-order valence-electron chi connectivity index (χ4n) is 3.65. The first-order chi connectivity index (χ1) is 11.3. The van der Waals surface area contributed by atoms with E-state index in [4.69, 9.17) is 0 Å². The summed E-state index contributed by atoms with van der Waals surface area (Å²) >= 11 is 0. The minimum absolute atomic E-state index is 0.0585. The molecule has 3 atom stereocenters. The molecule has 0 aliphatic carbocycles. The Labute approximate surface area is 146 Å². The third kappa shape index (κ3) is 5.48. The highest BCUT2D eigenvalue weighted by Crippen LogP contribution is 2.21. The molecule has 5 nitrogen and oxygen atoms in total. The molecule has 1 saturated heterocycles. The van der Waals surface area contributed by atoms with E-state index in [-0.39, 0.29) is 18.0 Å². The monoisotopic (exact) mass is 332 g/mol. The van der Waals surface area contributed by atoms with Crippen LogP contribution in [0, 0.1) is 11.8 Å². The second-order valence-corrected chi connectivity index (χ2v) is 7.74. The average Bonchev–Trinajstić information content (AvgIpc) is 2.45. The Morgan fingerprint density at radius 2 is 1.96 bits per heavy atom. The summed E-state index contributed by atoms with van der Waals surface area (Å²) in [7, 11) is 0. The Hall–Kier alpha value is -1.62. The van der Waals surface area contributed by atoms with Crippen LogP contribution in [0.15, 0.2) is 18.3 Å². The summed E-state index contributed by atoms with van der Waals surface area (Å²) in [4.78, 5) is 19.4. The molecule has 1 aliphatic rings. The lowest BCUT2D eigenvalue weighted by atomic mass is 9.92. The largest absolute Gasteiger partial charge is 0.367 e. The lowest BCUT2D eigenvalue weighted by Gasteiger charge is -2.36. The van der Waals surface area contributed by atoms with Gasteiger partial charge in [0.25, 0.3) is 5.91 Å². The molecule has 0 radical (unpaired) electrons. The number of piperidine rings is 1. The van der Waals surface area contributed by atoms with Crippen LogP contribution in [0.3, 0.4) is 0 Å². The van der Waals surface area contributed by atoms with Gasteiger partial charge in [0, 0.05) is 37.9 Å². The van der Waals surface area contributed by atoms with Crippen molar-refractivity contribution >= 4 is 11.7 Å². The highest BCUT2D eigenvalue weighted by molar-refractivity contribution is 5.98. The van der Waals surface area contributed by atoms with Crippen molar-refractivity contribution in [1.82, 2.24) is 15.2 Å². The number of amides is 1. The highest BCUT2D eigenvalue weighted by Gasteiger charge is 2.23. The van der Waals surface area contributed by atoms with Crippen LogP contribution in [0.2, 0.25) is 0 Å². The number of rotatable bonds is 6. The second-order valence-electron chi connectivity index (χ2n) is 7.74. The van der Waals surface area contributed by atoms with Crippen molar-refractivity contribution in [2.75, 3.05) is 25.0 Å². The first-order valence-electron chi connectivity index (χ1n) is 9.10. The topological polar surface area (TPSA) is 57.3 Å². The van der Waals surface area contributed by atoms with Crippen LogP contribution in [-0.4, -0.2) is 47.5 Å². The molecule has 1 aliphatic heterocycles. The maximum Gasteiger partial charge on any atom is 0.255 e. The number of hydrogen-bond donors (Lipinski definition) is 2. The van der Waals surface area contributed by atoms with E-state index < -0.39 is 0 Å². The first kappa shape index (κ1) is 18.7. The Bertz CT molecular complexity index is 536. The maximum absolute atomic E-state index is 12.6. The lowest BCUT2D eigenvalue weighted by Crippen LogP contribution is -2.47. The molecule has 1 amide bonds. The van der Waals surface area contributed by atoms with Gasteiger partial charge in [-0.05, 0) is 51.2 Å². The number of pyridine rings is 1. The molecule has 0 aromatic carbocycles. The van der Waals surface area contributed by atoms with E-state index in [1.165, 1.54) is 6.42 Å². The summed E-state index contributed by atoms with van der Waals surface area (Å²) in [6, 6.07) is 3.98. The van der Waals surface area contributed by atoms with Crippen molar-refractivity contribution in [3.63, 3.8) is 0 Å². The smallest absolute Gasteiger partial charge is 0.255 e. The van der Waals surface area contributed by atoms with Crippen molar-refractivity contribution in [1.29, 1.82) is 0 Å². The molecule has 1 aromatic rings. The molecular weight excluding hydrogens is 300 g/mol. The Balaban J connectivity index is 1.94. The van der Waals surface area contributed by atoms with E-state index in [1.54, 1.807) is 12.3 Å². The number of hydrogen-bond acceptors (Lipinski definition) is 4. The molecule has 2 N–H and O–H groups in total. The van der Waals surface area contributed by atoms with Gasteiger partial charge in [-0.15, -0.1) is 0 Å². The Kier molecular flexibility index (Phi) is 6.60. The number of likely N-dealkylation sites (tertiary alicyclic amines) is 1. The molecule has 0 spiro atoms. The van der Waals surface area contributed by atoms with Gasteiger partial charge in [0.1, 0.15) is 5.82 Å². The average molecular weight is 332 g/mol. The lowest BCUT2D eigenvalue weighted by molar-refractivity contribution is 0.0905. The molecule has 2 heterocycles. The third-order valence-electron chi connectivity index (χ3n) is 4.33. The van der Waals surface area contributed by atoms with Gasteiger partial charge in [0.2, 0.25) is 0 Å². The second kappa shape index (κ2) is 8.47. The predicted octanol–water partition coefficient (Wildman–Crippen LogP) is 3.00. The van der Waals surface area contributed by atoms with Gasteiger partial charge in [0.15, 0.2) is 0 Å². The Morgan fingerprint density at radius 1 is 1.29 bits per heavy atom. The normalized spacial score (nSPS) is 23.1. The predicted molar refractivity (Wildman–Crippen MR) is 99.3 cm³/mol. The maximum atomic E-state index is 12.6. The van der Waals surface area contributed by atoms with Crippen molar-refractivity contribution in [2.45, 2.75) is 53.1 Å². The van der Waals surface area contributed by atoms with E-state index in [0.717, 1.165) is 31.5 Å². The zero-order chi connectivity index (χ0) is 17.7. The fraction of sp³-hybridized carbons (Fsp3) is 0.684. The molecule has 24 heavy (non-hydrogen) atoms. The fourth-order valence-corrected chi connectivity index (χ4v) is 3.65. The van der Waals surface area contributed by atoms with Gasteiger partial charge in [-0.1, -0.05) is 13.8 Å². The van der Waals surface area contributed by atoms with Gasteiger partial charge in [-0.25, -0.2) is 4.98 Å². The number of nitrogens with zero attached hydrogens (tertiary/aromatic N) is 2.